The molecule has 2 rings (SSSR count). The van der Waals surface area contributed by atoms with Crippen molar-refractivity contribution < 1.29 is 0 Å². The number of hydrogen-bond acceptors (Lipinski definition) is 3. The van der Waals surface area contributed by atoms with Gasteiger partial charge in [0.2, 0.25) is 0 Å². The molecule has 1 aliphatic rings. The number of nitrogens with zero attached hydrogens (tertiary/aromatic N) is 2. The predicted molar refractivity (Wildman–Crippen MR) is 51.5 cm³/mol. The molecule has 4 nitrogen and oxygen atoms in total. The molecule has 1 unspecified atom stereocenters. The van der Waals surface area contributed by atoms with Gasteiger partial charge >= 0.3 is 0 Å². The number of imidazole rings is 1. The first kappa shape index (κ1) is 8.72. The van der Waals surface area contributed by atoms with Gasteiger partial charge in [-0.15, -0.1) is 0 Å². The highest BCUT2D eigenvalue weighted by molar-refractivity contribution is 4.78. The second kappa shape index (κ2) is 4.39. The van der Waals surface area contributed by atoms with Crippen LogP contribution in [0.5, 0.6) is 0 Å². The zero-order valence-corrected chi connectivity index (χ0v) is 7.74. The fraction of sp³-hybridized carbons (Fsp3) is 0.667. The SMILES string of the molecule is c1cn(CCNC2CCNC2)cn1. The van der Waals surface area contributed by atoms with E-state index in [0.717, 1.165) is 26.2 Å². The third-order valence-corrected chi connectivity index (χ3v) is 2.42. The van der Waals surface area contributed by atoms with E-state index in [4.69, 9.17) is 0 Å². The van der Waals surface area contributed by atoms with Crippen molar-refractivity contribution in [2.75, 3.05) is 19.6 Å². The van der Waals surface area contributed by atoms with Gasteiger partial charge < -0.3 is 15.2 Å². The Morgan fingerprint density at radius 2 is 2.62 bits per heavy atom. The fourth-order valence-electron chi connectivity index (χ4n) is 1.65. The molecule has 2 N–H and O–H groups in total. The molecule has 1 aromatic rings. The van der Waals surface area contributed by atoms with E-state index in [-0.39, 0.29) is 0 Å². The summed E-state index contributed by atoms with van der Waals surface area (Å²) in [6.45, 7) is 4.31. The first-order chi connectivity index (χ1) is 6.45. The van der Waals surface area contributed by atoms with Gasteiger partial charge in [0.1, 0.15) is 0 Å². The maximum absolute atomic E-state index is 4.00. The monoisotopic (exact) mass is 180 g/mol. The maximum Gasteiger partial charge on any atom is 0.0946 e. The number of nitrogens with one attached hydrogen (secondary N) is 2. The first-order valence-electron chi connectivity index (χ1n) is 4.85. The summed E-state index contributed by atoms with van der Waals surface area (Å²) in [6, 6.07) is 0.670. The summed E-state index contributed by atoms with van der Waals surface area (Å²) in [5.41, 5.74) is 0. The van der Waals surface area contributed by atoms with Crippen LogP contribution in [0.3, 0.4) is 0 Å². The van der Waals surface area contributed by atoms with Crippen molar-refractivity contribution in [1.29, 1.82) is 0 Å². The Balaban J connectivity index is 1.63. The Hall–Kier alpha value is -0.870. The second-order valence-corrected chi connectivity index (χ2v) is 3.44. The summed E-state index contributed by atoms with van der Waals surface area (Å²) in [6.07, 6.45) is 6.92. The van der Waals surface area contributed by atoms with Crippen LogP contribution < -0.4 is 10.6 Å². The standard InChI is InChI=1S/C9H16N4/c1-2-10-7-9(1)12-4-6-13-5-3-11-8-13/h3,5,8-10,12H,1-2,4,6-7H2. The van der Waals surface area contributed by atoms with Crippen LogP contribution in [0.25, 0.3) is 0 Å². The average molecular weight is 180 g/mol. The molecule has 0 amide bonds. The quantitative estimate of drug-likeness (QED) is 0.676. The average Bonchev–Trinajstić information content (AvgIpc) is 2.75. The summed E-state index contributed by atoms with van der Waals surface area (Å²) in [5.74, 6) is 0. The largest absolute Gasteiger partial charge is 0.336 e. The molecule has 72 valence electrons. The van der Waals surface area contributed by atoms with E-state index < -0.39 is 0 Å². The van der Waals surface area contributed by atoms with Crippen LogP contribution in [-0.4, -0.2) is 35.2 Å². The highest BCUT2D eigenvalue weighted by Crippen LogP contribution is 1.96. The van der Waals surface area contributed by atoms with Crippen molar-refractivity contribution in [1.82, 2.24) is 20.2 Å². The lowest BCUT2D eigenvalue weighted by Crippen LogP contribution is -2.33. The van der Waals surface area contributed by atoms with Crippen molar-refractivity contribution in [3.8, 4) is 0 Å². The molecule has 4 heteroatoms. The van der Waals surface area contributed by atoms with Crippen LogP contribution in [0.2, 0.25) is 0 Å². The van der Waals surface area contributed by atoms with Crippen LogP contribution in [0.4, 0.5) is 0 Å². The Bertz CT molecular complexity index is 226. The van der Waals surface area contributed by atoms with Crippen LogP contribution in [-0.2, 0) is 6.54 Å². The molecule has 0 spiro atoms. The molecule has 13 heavy (non-hydrogen) atoms. The van der Waals surface area contributed by atoms with Gasteiger partial charge in [0.25, 0.3) is 0 Å². The van der Waals surface area contributed by atoms with Gasteiger partial charge in [-0.2, -0.15) is 0 Å². The topological polar surface area (TPSA) is 41.9 Å². The summed E-state index contributed by atoms with van der Waals surface area (Å²) in [4.78, 5) is 4.00. The molecule has 2 heterocycles. The maximum atomic E-state index is 4.00. The van der Waals surface area contributed by atoms with Gasteiger partial charge in [-0.05, 0) is 13.0 Å². The Kier molecular flexibility index (Phi) is 2.94. The second-order valence-electron chi connectivity index (χ2n) is 3.44. The molecule has 1 atom stereocenters. The summed E-state index contributed by atoms with van der Waals surface area (Å²) in [5, 5.41) is 6.84. The Labute approximate surface area is 78.4 Å². The number of rotatable bonds is 4. The molecule has 1 saturated heterocycles. The highest BCUT2D eigenvalue weighted by Gasteiger charge is 2.12. The lowest BCUT2D eigenvalue weighted by atomic mass is 10.2. The van der Waals surface area contributed by atoms with Crippen LogP contribution in [0, 0.1) is 0 Å². The van der Waals surface area contributed by atoms with Crippen molar-refractivity contribution >= 4 is 0 Å². The van der Waals surface area contributed by atoms with Gasteiger partial charge in [-0.3, -0.25) is 0 Å². The minimum absolute atomic E-state index is 0.670. The van der Waals surface area contributed by atoms with Gasteiger partial charge in [0.05, 0.1) is 6.33 Å². The minimum atomic E-state index is 0.670. The molecular weight excluding hydrogens is 164 g/mol. The Morgan fingerprint density at radius 1 is 1.62 bits per heavy atom. The van der Waals surface area contributed by atoms with E-state index in [1.165, 1.54) is 6.42 Å². The summed E-state index contributed by atoms with van der Waals surface area (Å²) in [7, 11) is 0. The number of aromatic nitrogens is 2. The lowest BCUT2D eigenvalue weighted by molar-refractivity contribution is 0.514. The van der Waals surface area contributed by atoms with E-state index in [1.54, 1.807) is 0 Å². The van der Waals surface area contributed by atoms with Crippen molar-refractivity contribution in [2.45, 2.75) is 19.0 Å². The normalized spacial score (nSPS) is 22.3. The van der Waals surface area contributed by atoms with Crippen LogP contribution >= 0.6 is 0 Å². The van der Waals surface area contributed by atoms with E-state index in [1.807, 2.05) is 18.7 Å². The minimum Gasteiger partial charge on any atom is -0.336 e. The fourth-order valence-corrected chi connectivity index (χ4v) is 1.65. The third kappa shape index (κ3) is 2.54. The highest BCUT2D eigenvalue weighted by atomic mass is 15.1. The van der Waals surface area contributed by atoms with Crippen molar-refractivity contribution in [3.63, 3.8) is 0 Å². The summed E-state index contributed by atoms with van der Waals surface area (Å²) >= 11 is 0. The van der Waals surface area contributed by atoms with Gasteiger partial charge in [-0.1, -0.05) is 0 Å². The lowest BCUT2D eigenvalue weighted by Gasteiger charge is -2.10. The predicted octanol–water partition coefficient (Wildman–Crippen LogP) is -0.165. The summed E-state index contributed by atoms with van der Waals surface area (Å²) < 4.78 is 2.09. The Morgan fingerprint density at radius 3 is 3.31 bits per heavy atom. The van der Waals surface area contributed by atoms with Crippen LogP contribution in [0.15, 0.2) is 18.7 Å². The van der Waals surface area contributed by atoms with E-state index >= 15 is 0 Å². The van der Waals surface area contributed by atoms with Gasteiger partial charge in [0.15, 0.2) is 0 Å². The molecule has 0 bridgehead atoms. The zero-order valence-electron chi connectivity index (χ0n) is 7.74. The molecule has 0 radical (unpaired) electrons. The van der Waals surface area contributed by atoms with Gasteiger partial charge in [0, 0.05) is 38.1 Å². The molecule has 0 aliphatic carbocycles. The molecule has 1 fully saturated rings. The van der Waals surface area contributed by atoms with Gasteiger partial charge in [-0.25, -0.2) is 4.98 Å². The molecule has 1 aromatic heterocycles. The third-order valence-electron chi connectivity index (χ3n) is 2.42. The molecular formula is C9H16N4. The first-order valence-corrected chi connectivity index (χ1v) is 4.85. The molecule has 0 aromatic carbocycles. The van der Waals surface area contributed by atoms with E-state index in [0.29, 0.717) is 6.04 Å². The van der Waals surface area contributed by atoms with Crippen LogP contribution in [0.1, 0.15) is 6.42 Å². The van der Waals surface area contributed by atoms with E-state index in [2.05, 4.69) is 20.2 Å². The van der Waals surface area contributed by atoms with Crippen molar-refractivity contribution in [2.24, 2.45) is 0 Å². The molecule has 0 saturated carbocycles. The van der Waals surface area contributed by atoms with E-state index in [9.17, 15) is 0 Å². The number of hydrogen-bond donors (Lipinski definition) is 2. The molecule has 1 aliphatic heterocycles. The van der Waals surface area contributed by atoms with Crippen molar-refractivity contribution in [3.05, 3.63) is 18.7 Å². The smallest absolute Gasteiger partial charge is 0.0946 e. The zero-order chi connectivity index (χ0) is 8.93.